The third-order valence-corrected chi connectivity index (χ3v) is 2.76. The van der Waals surface area contributed by atoms with Crippen LogP contribution in [0.5, 0.6) is 0 Å². The van der Waals surface area contributed by atoms with E-state index in [-0.39, 0.29) is 5.54 Å². The summed E-state index contributed by atoms with van der Waals surface area (Å²) in [5.74, 6) is 1.32. The molecule has 1 aliphatic heterocycles. The second-order valence-electron chi connectivity index (χ2n) is 4.22. The van der Waals surface area contributed by atoms with Crippen LogP contribution < -0.4 is 11.1 Å². The minimum Gasteiger partial charge on any atom is -0.383 e. The zero-order chi connectivity index (χ0) is 10.9. The predicted molar refractivity (Wildman–Crippen MR) is 58.6 cm³/mol. The number of nitrogen functional groups attached to an aromatic ring is 1. The van der Waals surface area contributed by atoms with Crippen LogP contribution in [0.4, 0.5) is 11.6 Å². The number of hydrogen-bond acceptors (Lipinski definition) is 5. The first-order chi connectivity index (χ1) is 7.11. The van der Waals surface area contributed by atoms with Crippen molar-refractivity contribution in [2.75, 3.05) is 24.3 Å². The minimum absolute atomic E-state index is 0.0362. The summed E-state index contributed by atoms with van der Waals surface area (Å²) in [6.07, 6.45) is 2.46. The Morgan fingerprint density at radius 3 is 3.00 bits per heavy atom. The number of rotatable bonds is 2. The van der Waals surface area contributed by atoms with E-state index in [0.717, 1.165) is 24.4 Å². The van der Waals surface area contributed by atoms with Crippen molar-refractivity contribution in [1.82, 2.24) is 9.97 Å². The quantitative estimate of drug-likeness (QED) is 0.757. The van der Waals surface area contributed by atoms with Crippen LogP contribution in [0.15, 0.2) is 6.33 Å². The lowest BCUT2D eigenvalue weighted by molar-refractivity contribution is 0.185. The van der Waals surface area contributed by atoms with Gasteiger partial charge in [0.1, 0.15) is 18.0 Å². The Morgan fingerprint density at radius 1 is 1.53 bits per heavy atom. The number of ether oxygens (including phenoxy) is 1. The van der Waals surface area contributed by atoms with Gasteiger partial charge in [0.05, 0.1) is 12.1 Å². The lowest BCUT2D eigenvalue weighted by Gasteiger charge is -2.25. The van der Waals surface area contributed by atoms with Crippen molar-refractivity contribution < 1.29 is 4.74 Å². The summed E-state index contributed by atoms with van der Waals surface area (Å²) in [4.78, 5) is 8.12. The third kappa shape index (κ3) is 2.02. The predicted octanol–water partition coefficient (Wildman–Crippen LogP) is 0.958. The van der Waals surface area contributed by atoms with Gasteiger partial charge >= 0.3 is 0 Å². The van der Waals surface area contributed by atoms with Crippen molar-refractivity contribution in [3.05, 3.63) is 11.9 Å². The van der Waals surface area contributed by atoms with Gasteiger partial charge in [0.15, 0.2) is 0 Å². The van der Waals surface area contributed by atoms with E-state index in [1.807, 2.05) is 6.92 Å². The van der Waals surface area contributed by atoms with Crippen molar-refractivity contribution in [3.8, 4) is 0 Å². The van der Waals surface area contributed by atoms with E-state index in [1.165, 1.54) is 6.33 Å². The summed E-state index contributed by atoms with van der Waals surface area (Å²) in [5, 5.41) is 3.37. The summed E-state index contributed by atoms with van der Waals surface area (Å²) in [7, 11) is 0. The molecule has 0 aliphatic carbocycles. The summed E-state index contributed by atoms with van der Waals surface area (Å²) < 4.78 is 5.37. The molecule has 2 heterocycles. The molecule has 1 saturated heterocycles. The van der Waals surface area contributed by atoms with Crippen molar-refractivity contribution in [2.45, 2.75) is 25.8 Å². The van der Waals surface area contributed by atoms with E-state index in [1.54, 1.807) is 0 Å². The van der Waals surface area contributed by atoms with E-state index < -0.39 is 0 Å². The molecule has 1 aliphatic rings. The molecule has 0 bridgehead atoms. The van der Waals surface area contributed by atoms with Crippen molar-refractivity contribution in [1.29, 1.82) is 0 Å². The molecule has 0 spiro atoms. The highest BCUT2D eigenvalue weighted by molar-refractivity contribution is 5.55. The average Bonchev–Trinajstić information content (AvgIpc) is 2.60. The van der Waals surface area contributed by atoms with Gasteiger partial charge in [0.2, 0.25) is 0 Å². The van der Waals surface area contributed by atoms with Gasteiger partial charge in [0.25, 0.3) is 0 Å². The summed E-state index contributed by atoms with van der Waals surface area (Å²) >= 11 is 0. The zero-order valence-electron chi connectivity index (χ0n) is 9.08. The van der Waals surface area contributed by atoms with Crippen LogP contribution in [-0.4, -0.2) is 28.7 Å². The molecule has 0 aromatic carbocycles. The molecular formula is C10H16N4O. The van der Waals surface area contributed by atoms with Gasteiger partial charge in [-0.2, -0.15) is 0 Å². The smallest absolute Gasteiger partial charge is 0.134 e. The Morgan fingerprint density at radius 2 is 2.33 bits per heavy atom. The molecule has 3 N–H and O–H groups in total. The van der Waals surface area contributed by atoms with Crippen LogP contribution in [0.25, 0.3) is 0 Å². The van der Waals surface area contributed by atoms with E-state index in [0.29, 0.717) is 12.4 Å². The molecular weight excluding hydrogens is 192 g/mol. The standard InChI is InChI=1S/C10H16N4O/c1-7-8(11)12-6-13-9(7)14-10(2)3-4-15-5-10/h6H,3-5H2,1-2H3,(H3,11,12,13,14). The molecule has 0 radical (unpaired) electrons. The Bertz CT molecular complexity index is 360. The molecule has 15 heavy (non-hydrogen) atoms. The molecule has 2 rings (SSSR count). The number of anilines is 2. The van der Waals surface area contributed by atoms with E-state index in [4.69, 9.17) is 10.5 Å². The maximum atomic E-state index is 5.72. The molecule has 1 atom stereocenters. The maximum Gasteiger partial charge on any atom is 0.134 e. The fourth-order valence-corrected chi connectivity index (χ4v) is 1.64. The molecule has 0 amide bonds. The number of hydrogen-bond donors (Lipinski definition) is 2. The second-order valence-corrected chi connectivity index (χ2v) is 4.22. The van der Waals surface area contributed by atoms with Crippen molar-refractivity contribution in [3.63, 3.8) is 0 Å². The molecule has 0 saturated carbocycles. The van der Waals surface area contributed by atoms with Gasteiger partial charge < -0.3 is 15.8 Å². The molecule has 82 valence electrons. The summed E-state index contributed by atoms with van der Waals surface area (Å²) in [6.45, 7) is 5.54. The van der Waals surface area contributed by atoms with Crippen LogP contribution in [0.2, 0.25) is 0 Å². The fourth-order valence-electron chi connectivity index (χ4n) is 1.64. The van der Waals surface area contributed by atoms with Crippen LogP contribution in [-0.2, 0) is 4.74 Å². The second kappa shape index (κ2) is 3.66. The fraction of sp³-hybridized carbons (Fsp3) is 0.600. The lowest BCUT2D eigenvalue weighted by atomic mass is 10.0. The van der Waals surface area contributed by atoms with Gasteiger partial charge in [-0.15, -0.1) is 0 Å². The number of nitrogens with two attached hydrogens (primary N) is 1. The molecule has 5 heteroatoms. The first kappa shape index (κ1) is 10.2. The Kier molecular flexibility index (Phi) is 2.48. The number of aromatic nitrogens is 2. The Labute approximate surface area is 89.1 Å². The van der Waals surface area contributed by atoms with Crippen LogP contribution in [0.3, 0.4) is 0 Å². The van der Waals surface area contributed by atoms with Gasteiger partial charge in [-0.05, 0) is 20.3 Å². The largest absolute Gasteiger partial charge is 0.383 e. The summed E-state index contributed by atoms with van der Waals surface area (Å²) in [6, 6.07) is 0. The van der Waals surface area contributed by atoms with E-state index in [2.05, 4.69) is 22.2 Å². The Balaban J connectivity index is 2.20. The molecule has 1 aromatic rings. The van der Waals surface area contributed by atoms with Gasteiger partial charge in [-0.3, -0.25) is 0 Å². The van der Waals surface area contributed by atoms with Gasteiger partial charge in [0, 0.05) is 12.2 Å². The molecule has 1 unspecified atom stereocenters. The van der Waals surface area contributed by atoms with Gasteiger partial charge in [-0.1, -0.05) is 0 Å². The van der Waals surface area contributed by atoms with E-state index >= 15 is 0 Å². The highest BCUT2D eigenvalue weighted by Crippen LogP contribution is 2.25. The van der Waals surface area contributed by atoms with Gasteiger partial charge in [-0.25, -0.2) is 9.97 Å². The monoisotopic (exact) mass is 208 g/mol. The number of nitrogens with zero attached hydrogens (tertiary/aromatic N) is 2. The maximum absolute atomic E-state index is 5.72. The average molecular weight is 208 g/mol. The minimum atomic E-state index is -0.0362. The molecule has 1 aromatic heterocycles. The van der Waals surface area contributed by atoms with E-state index in [9.17, 15) is 0 Å². The zero-order valence-corrected chi connectivity index (χ0v) is 9.08. The highest BCUT2D eigenvalue weighted by atomic mass is 16.5. The third-order valence-electron chi connectivity index (χ3n) is 2.76. The molecule has 1 fully saturated rings. The molecule has 5 nitrogen and oxygen atoms in total. The first-order valence-corrected chi connectivity index (χ1v) is 5.04. The van der Waals surface area contributed by atoms with Crippen LogP contribution in [0, 0.1) is 6.92 Å². The van der Waals surface area contributed by atoms with Crippen molar-refractivity contribution in [2.24, 2.45) is 0 Å². The topological polar surface area (TPSA) is 73.1 Å². The first-order valence-electron chi connectivity index (χ1n) is 5.04. The van der Waals surface area contributed by atoms with Crippen LogP contribution >= 0.6 is 0 Å². The van der Waals surface area contributed by atoms with Crippen LogP contribution in [0.1, 0.15) is 18.9 Å². The SMILES string of the molecule is Cc1c(N)ncnc1NC1(C)CCOC1. The Hall–Kier alpha value is -1.36. The summed E-state index contributed by atoms with van der Waals surface area (Å²) in [5.41, 5.74) is 6.57. The lowest BCUT2D eigenvalue weighted by Crippen LogP contribution is -2.35. The number of nitrogens with one attached hydrogen (secondary N) is 1. The normalized spacial score (nSPS) is 25.5. The van der Waals surface area contributed by atoms with Crippen molar-refractivity contribution >= 4 is 11.6 Å². The highest BCUT2D eigenvalue weighted by Gasteiger charge is 2.30.